The number of rotatable bonds is 3. The van der Waals surface area contributed by atoms with Crippen molar-refractivity contribution in [2.75, 3.05) is 7.11 Å². The number of Topliss-reactive ketones (excluding diaryl/α,β-unsaturated/α-hetero) is 1. The molecule has 0 amide bonds. The minimum Gasteiger partial charge on any atom is -0.495 e. The van der Waals surface area contributed by atoms with E-state index in [2.05, 4.69) is 31.9 Å². The first-order chi connectivity index (χ1) is 7.45. The van der Waals surface area contributed by atoms with Crippen LogP contribution in [0.1, 0.15) is 19.4 Å². The van der Waals surface area contributed by atoms with Crippen LogP contribution in [0, 0.1) is 0 Å². The number of carbonyl (C=O) groups is 1. The van der Waals surface area contributed by atoms with Crippen molar-refractivity contribution < 1.29 is 9.53 Å². The van der Waals surface area contributed by atoms with Gasteiger partial charge in [0, 0.05) is 10.0 Å². The molecule has 0 aliphatic rings. The van der Waals surface area contributed by atoms with Crippen LogP contribution in [0.4, 0.5) is 0 Å². The standard InChI is InChI=1S/C12H12Br2O2/c1-7(8(2)15)4-9-5-10(13)6-11(14)12(9)16-3/h4-6H,1-3H3/b7-4-. The smallest absolute Gasteiger partial charge is 0.155 e. The van der Waals surface area contributed by atoms with Crippen LogP contribution in [0.3, 0.4) is 0 Å². The molecule has 0 aromatic heterocycles. The second kappa shape index (κ2) is 5.64. The minimum atomic E-state index is 0.0538. The molecule has 86 valence electrons. The van der Waals surface area contributed by atoms with E-state index in [0.717, 1.165) is 20.3 Å². The van der Waals surface area contributed by atoms with Crippen LogP contribution in [0.5, 0.6) is 5.75 Å². The SMILES string of the molecule is COc1c(Br)cc(Br)cc1/C=C(/C)C(C)=O. The summed E-state index contributed by atoms with van der Waals surface area (Å²) in [6.07, 6.45) is 1.82. The van der Waals surface area contributed by atoms with E-state index < -0.39 is 0 Å². The second-order valence-electron chi connectivity index (χ2n) is 3.39. The number of benzene rings is 1. The van der Waals surface area contributed by atoms with Crippen LogP contribution in [0.15, 0.2) is 26.7 Å². The Bertz CT molecular complexity index is 451. The van der Waals surface area contributed by atoms with Crippen molar-refractivity contribution in [2.24, 2.45) is 0 Å². The number of carbonyl (C=O) groups excluding carboxylic acids is 1. The van der Waals surface area contributed by atoms with E-state index in [1.54, 1.807) is 21.0 Å². The molecule has 0 radical (unpaired) electrons. The van der Waals surface area contributed by atoms with Crippen LogP contribution >= 0.6 is 31.9 Å². The summed E-state index contributed by atoms with van der Waals surface area (Å²) in [5.74, 6) is 0.780. The Labute approximate surface area is 112 Å². The molecule has 0 saturated carbocycles. The summed E-state index contributed by atoms with van der Waals surface area (Å²) in [5, 5.41) is 0. The summed E-state index contributed by atoms with van der Waals surface area (Å²) in [7, 11) is 1.61. The molecular weight excluding hydrogens is 336 g/mol. The number of allylic oxidation sites excluding steroid dienone is 1. The molecule has 0 fully saturated rings. The molecule has 0 unspecified atom stereocenters. The largest absolute Gasteiger partial charge is 0.495 e. The van der Waals surface area contributed by atoms with E-state index >= 15 is 0 Å². The highest BCUT2D eigenvalue weighted by atomic mass is 79.9. The molecule has 0 spiro atoms. The summed E-state index contributed by atoms with van der Waals surface area (Å²) in [6.45, 7) is 3.34. The number of hydrogen-bond donors (Lipinski definition) is 0. The van der Waals surface area contributed by atoms with Gasteiger partial charge in [-0.1, -0.05) is 15.9 Å². The van der Waals surface area contributed by atoms with Crippen molar-refractivity contribution in [3.8, 4) is 5.75 Å². The molecule has 1 rings (SSSR count). The zero-order chi connectivity index (χ0) is 12.3. The fourth-order valence-electron chi connectivity index (χ4n) is 1.24. The fourth-order valence-corrected chi connectivity index (χ4v) is 2.66. The summed E-state index contributed by atoms with van der Waals surface area (Å²) in [4.78, 5) is 11.2. The van der Waals surface area contributed by atoms with Crippen molar-refractivity contribution in [1.82, 2.24) is 0 Å². The zero-order valence-electron chi connectivity index (χ0n) is 9.30. The lowest BCUT2D eigenvalue weighted by Crippen LogP contribution is -1.93. The molecule has 0 heterocycles. The normalized spacial score (nSPS) is 11.4. The van der Waals surface area contributed by atoms with Gasteiger partial charge in [0.05, 0.1) is 11.6 Å². The zero-order valence-corrected chi connectivity index (χ0v) is 12.5. The van der Waals surface area contributed by atoms with Gasteiger partial charge in [0.25, 0.3) is 0 Å². The third-order valence-corrected chi connectivity index (χ3v) is 3.22. The summed E-state index contributed by atoms with van der Waals surface area (Å²) < 4.78 is 7.07. The van der Waals surface area contributed by atoms with Gasteiger partial charge < -0.3 is 4.74 Å². The fraction of sp³-hybridized carbons (Fsp3) is 0.250. The third-order valence-electron chi connectivity index (χ3n) is 2.17. The number of halogens is 2. The van der Waals surface area contributed by atoms with Gasteiger partial charge in [-0.05, 0) is 53.6 Å². The third kappa shape index (κ3) is 3.19. The molecule has 16 heavy (non-hydrogen) atoms. The van der Waals surface area contributed by atoms with Crippen molar-refractivity contribution in [1.29, 1.82) is 0 Å². The minimum absolute atomic E-state index is 0.0538. The Morgan fingerprint density at radius 1 is 1.31 bits per heavy atom. The van der Waals surface area contributed by atoms with Gasteiger partial charge in [-0.2, -0.15) is 0 Å². The van der Waals surface area contributed by atoms with E-state index in [1.165, 1.54) is 0 Å². The van der Waals surface area contributed by atoms with Crippen LogP contribution in [0.2, 0.25) is 0 Å². The van der Waals surface area contributed by atoms with Crippen LogP contribution in [0.25, 0.3) is 6.08 Å². The number of ether oxygens (including phenoxy) is 1. The maximum absolute atomic E-state index is 11.2. The lowest BCUT2D eigenvalue weighted by atomic mass is 10.1. The van der Waals surface area contributed by atoms with Crippen molar-refractivity contribution in [3.05, 3.63) is 32.2 Å². The quantitative estimate of drug-likeness (QED) is 0.765. The second-order valence-corrected chi connectivity index (χ2v) is 5.16. The average Bonchev–Trinajstić information content (AvgIpc) is 2.16. The maximum Gasteiger partial charge on any atom is 0.155 e. The van der Waals surface area contributed by atoms with Crippen molar-refractivity contribution in [3.63, 3.8) is 0 Å². The Balaban J connectivity index is 3.32. The summed E-state index contributed by atoms with van der Waals surface area (Å²) >= 11 is 6.82. The van der Waals surface area contributed by atoms with Crippen LogP contribution < -0.4 is 4.74 Å². The first-order valence-electron chi connectivity index (χ1n) is 4.68. The van der Waals surface area contributed by atoms with Crippen molar-refractivity contribution in [2.45, 2.75) is 13.8 Å². The molecule has 0 aliphatic carbocycles. The summed E-state index contributed by atoms with van der Waals surface area (Å²) in [6, 6.07) is 3.81. The van der Waals surface area contributed by atoms with Crippen molar-refractivity contribution >= 4 is 43.7 Å². The topological polar surface area (TPSA) is 26.3 Å². The highest BCUT2D eigenvalue weighted by molar-refractivity contribution is 9.11. The Kier molecular flexibility index (Phi) is 4.74. The van der Waals surface area contributed by atoms with Gasteiger partial charge in [0.15, 0.2) is 5.78 Å². The molecule has 4 heteroatoms. The van der Waals surface area contributed by atoms with E-state index in [1.807, 2.05) is 18.2 Å². The van der Waals surface area contributed by atoms with Crippen LogP contribution in [-0.4, -0.2) is 12.9 Å². The van der Waals surface area contributed by atoms with Gasteiger partial charge in [-0.25, -0.2) is 0 Å². The van der Waals surface area contributed by atoms with Gasteiger partial charge >= 0.3 is 0 Å². The number of hydrogen-bond acceptors (Lipinski definition) is 2. The molecule has 0 saturated heterocycles. The molecule has 1 aromatic rings. The van der Waals surface area contributed by atoms with Gasteiger partial charge in [0.2, 0.25) is 0 Å². The van der Waals surface area contributed by atoms with E-state index in [9.17, 15) is 4.79 Å². The summed E-state index contributed by atoms with van der Waals surface area (Å²) in [5.41, 5.74) is 1.57. The average molecular weight is 348 g/mol. The lowest BCUT2D eigenvalue weighted by molar-refractivity contribution is -0.113. The molecular formula is C12H12Br2O2. The Hall–Kier alpha value is -0.610. The molecule has 0 N–H and O–H groups in total. The molecule has 1 aromatic carbocycles. The maximum atomic E-state index is 11.2. The molecule has 0 bridgehead atoms. The monoisotopic (exact) mass is 346 g/mol. The van der Waals surface area contributed by atoms with E-state index in [0.29, 0.717) is 5.57 Å². The first kappa shape index (κ1) is 13.5. The number of ketones is 1. The number of methoxy groups -OCH3 is 1. The van der Waals surface area contributed by atoms with Gasteiger partial charge in [-0.15, -0.1) is 0 Å². The predicted molar refractivity (Wildman–Crippen MR) is 72.7 cm³/mol. The molecule has 0 aliphatic heterocycles. The first-order valence-corrected chi connectivity index (χ1v) is 6.26. The molecule has 0 atom stereocenters. The Morgan fingerprint density at radius 2 is 1.94 bits per heavy atom. The predicted octanol–water partition coefficient (Wildman–Crippen LogP) is 4.21. The van der Waals surface area contributed by atoms with E-state index in [-0.39, 0.29) is 5.78 Å². The van der Waals surface area contributed by atoms with Gasteiger partial charge in [-0.3, -0.25) is 4.79 Å². The van der Waals surface area contributed by atoms with Crippen LogP contribution in [-0.2, 0) is 4.79 Å². The Morgan fingerprint density at radius 3 is 2.44 bits per heavy atom. The van der Waals surface area contributed by atoms with Gasteiger partial charge in [0.1, 0.15) is 5.75 Å². The lowest BCUT2D eigenvalue weighted by Gasteiger charge is -2.09. The highest BCUT2D eigenvalue weighted by Crippen LogP contribution is 2.33. The highest BCUT2D eigenvalue weighted by Gasteiger charge is 2.08. The van der Waals surface area contributed by atoms with E-state index in [4.69, 9.17) is 4.74 Å². The molecule has 2 nitrogen and oxygen atoms in total.